The van der Waals surface area contributed by atoms with Gasteiger partial charge in [0.2, 0.25) is 0 Å². The molecule has 10 heteroatoms. The highest BCUT2D eigenvalue weighted by Crippen LogP contribution is 2.49. The van der Waals surface area contributed by atoms with Gasteiger partial charge in [-0.05, 0) is 55.4 Å². The molecule has 2 aromatic heterocycles. The van der Waals surface area contributed by atoms with Crippen LogP contribution in [0.5, 0.6) is 5.75 Å². The fourth-order valence-corrected chi connectivity index (χ4v) is 6.47. The van der Waals surface area contributed by atoms with Gasteiger partial charge in [-0.3, -0.25) is 9.89 Å². The van der Waals surface area contributed by atoms with Gasteiger partial charge in [-0.15, -0.1) is 0 Å². The van der Waals surface area contributed by atoms with Crippen molar-refractivity contribution < 1.29 is 32.9 Å². The lowest BCUT2D eigenvalue weighted by molar-refractivity contribution is -0.146. The normalized spacial score (nSPS) is 21.4. The minimum atomic E-state index is -1.31. The molecule has 3 heterocycles. The number of rotatable bonds is 5. The number of esters is 1. The van der Waals surface area contributed by atoms with E-state index < -0.39 is 17.2 Å². The zero-order valence-electron chi connectivity index (χ0n) is 21.9. The summed E-state index contributed by atoms with van der Waals surface area (Å²) in [7, 11) is 2.78. The molecule has 2 aromatic carbocycles. The van der Waals surface area contributed by atoms with E-state index in [9.17, 15) is 14.3 Å². The first-order valence-corrected chi connectivity index (χ1v) is 13.3. The van der Waals surface area contributed by atoms with Crippen molar-refractivity contribution >= 4 is 27.8 Å². The van der Waals surface area contributed by atoms with Gasteiger partial charge in [0, 0.05) is 48.6 Å². The van der Waals surface area contributed by atoms with E-state index in [1.807, 2.05) is 10.6 Å². The van der Waals surface area contributed by atoms with Gasteiger partial charge in [-0.2, -0.15) is 5.10 Å². The topological polar surface area (TPSA) is 98.6 Å². The summed E-state index contributed by atoms with van der Waals surface area (Å²) < 4.78 is 48.6. The van der Waals surface area contributed by atoms with Crippen molar-refractivity contribution in [3.8, 4) is 11.4 Å². The van der Waals surface area contributed by atoms with Crippen LogP contribution in [-0.4, -0.2) is 53.3 Å². The second-order valence-electron chi connectivity index (χ2n) is 10.6. The van der Waals surface area contributed by atoms with Crippen LogP contribution in [0.15, 0.2) is 30.5 Å². The van der Waals surface area contributed by atoms with Gasteiger partial charge in [-0.25, -0.2) is 8.78 Å². The van der Waals surface area contributed by atoms with E-state index in [1.54, 1.807) is 18.3 Å². The van der Waals surface area contributed by atoms with E-state index in [1.165, 1.54) is 20.3 Å². The maximum absolute atomic E-state index is 16.4. The molecule has 0 spiro atoms. The first-order valence-electron chi connectivity index (χ1n) is 13.3. The van der Waals surface area contributed by atoms with Crippen molar-refractivity contribution in [3.05, 3.63) is 53.4 Å². The Balaban J connectivity index is 1.66. The molecule has 206 valence electrons. The van der Waals surface area contributed by atoms with Gasteiger partial charge in [-0.1, -0.05) is 0 Å². The number of carbonyl (C=O) groups excluding carboxylic acids is 1. The molecule has 2 aliphatic rings. The number of benzene rings is 2. The Bertz CT molecular complexity index is 1550. The molecule has 1 saturated heterocycles. The molecule has 2 N–H and O–H groups in total. The smallest absolute Gasteiger partial charge is 0.308 e. The number of methoxy groups -OCH3 is 2. The number of aliphatic hydroxyl groups is 1. The highest BCUT2D eigenvalue weighted by molar-refractivity contribution is 6.00. The van der Waals surface area contributed by atoms with E-state index in [4.69, 9.17) is 14.2 Å². The fraction of sp³-hybridized carbons (Fsp3) is 0.448. The van der Waals surface area contributed by atoms with Crippen molar-refractivity contribution in [2.45, 2.75) is 50.0 Å². The Labute approximate surface area is 223 Å². The van der Waals surface area contributed by atoms with E-state index >= 15 is 4.39 Å². The maximum atomic E-state index is 16.4. The fourth-order valence-electron chi connectivity index (χ4n) is 6.47. The Kier molecular flexibility index (Phi) is 6.55. The quantitative estimate of drug-likeness (QED) is 0.337. The average Bonchev–Trinajstić information content (AvgIpc) is 3.57. The predicted octanol–water partition coefficient (Wildman–Crippen LogP) is 5.24. The number of carbonyl (C=O) groups is 1. The molecule has 2 fully saturated rings. The van der Waals surface area contributed by atoms with Crippen molar-refractivity contribution in [1.82, 2.24) is 14.8 Å². The largest absolute Gasteiger partial charge is 0.494 e. The molecule has 4 aromatic rings. The summed E-state index contributed by atoms with van der Waals surface area (Å²) in [5.74, 6) is -1.48. The number of hydrogen-bond acceptors (Lipinski definition) is 6. The average molecular weight is 540 g/mol. The molecule has 0 atom stereocenters. The third-order valence-corrected chi connectivity index (χ3v) is 8.47. The number of fused-ring (bicyclic) bond motifs is 2. The van der Waals surface area contributed by atoms with E-state index in [2.05, 4.69) is 10.2 Å². The molecule has 6 rings (SSSR count). The van der Waals surface area contributed by atoms with Gasteiger partial charge in [0.25, 0.3) is 0 Å². The van der Waals surface area contributed by atoms with E-state index in [-0.39, 0.29) is 29.1 Å². The second-order valence-corrected chi connectivity index (χ2v) is 10.6. The highest BCUT2D eigenvalue weighted by Gasteiger charge is 2.42. The van der Waals surface area contributed by atoms with E-state index in [0.717, 1.165) is 5.56 Å². The number of ether oxygens (including phenoxy) is 3. The molecule has 0 bridgehead atoms. The summed E-state index contributed by atoms with van der Waals surface area (Å²) in [4.78, 5) is 12.2. The first-order chi connectivity index (χ1) is 18.9. The summed E-state index contributed by atoms with van der Waals surface area (Å²) in [5, 5.41) is 20.0. The van der Waals surface area contributed by atoms with Crippen LogP contribution >= 0.6 is 0 Å². The molecule has 0 amide bonds. The lowest BCUT2D eigenvalue weighted by Gasteiger charge is -2.36. The molecule has 8 nitrogen and oxygen atoms in total. The van der Waals surface area contributed by atoms with Crippen LogP contribution in [0.1, 0.15) is 55.7 Å². The van der Waals surface area contributed by atoms with E-state index in [0.29, 0.717) is 79.4 Å². The van der Waals surface area contributed by atoms with Crippen LogP contribution in [0, 0.1) is 17.6 Å². The van der Waals surface area contributed by atoms with Crippen molar-refractivity contribution in [2.24, 2.45) is 5.92 Å². The van der Waals surface area contributed by atoms with Crippen molar-refractivity contribution in [2.75, 3.05) is 27.4 Å². The van der Waals surface area contributed by atoms with Crippen molar-refractivity contribution in [1.29, 1.82) is 0 Å². The number of nitrogens with zero attached hydrogens (tertiary/aromatic N) is 2. The summed E-state index contributed by atoms with van der Waals surface area (Å²) >= 11 is 0. The zero-order chi connectivity index (χ0) is 27.3. The minimum absolute atomic E-state index is 0.0456. The number of halogens is 2. The van der Waals surface area contributed by atoms with Gasteiger partial charge in [0.1, 0.15) is 11.1 Å². The van der Waals surface area contributed by atoms with Crippen LogP contribution in [0.4, 0.5) is 8.78 Å². The Morgan fingerprint density at radius 1 is 1.15 bits per heavy atom. The molecule has 39 heavy (non-hydrogen) atoms. The number of nitrogens with one attached hydrogen (secondary N) is 1. The standard InChI is InChI=1S/C29H31F2N3O5/c1-37-22-14-19(7-8-20(22)30)34-21-13-18-15-32-33-26(18)25(31)24(21)23(27(34)29(36)9-11-39-12-10-29)16-3-5-17(6-4-16)28(35)38-2/h7-8,13-17,36H,3-6,9-12H2,1-2H3,(H,32,33)/t16-,17-. The lowest BCUT2D eigenvalue weighted by Crippen LogP contribution is -2.37. The number of aromatic nitrogens is 3. The number of aromatic amines is 1. The monoisotopic (exact) mass is 539 g/mol. The predicted molar refractivity (Wildman–Crippen MR) is 140 cm³/mol. The summed E-state index contributed by atoms with van der Waals surface area (Å²) in [6, 6.07) is 6.34. The minimum Gasteiger partial charge on any atom is -0.494 e. The molecule has 0 unspecified atom stereocenters. The Morgan fingerprint density at radius 3 is 2.59 bits per heavy atom. The second kappa shape index (κ2) is 9.91. The van der Waals surface area contributed by atoms with Crippen LogP contribution in [-0.2, 0) is 19.9 Å². The van der Waals surface area contributed by atoms with Crippen molar-refractivity contribution in [3.63, 3.8) is 0 Å². The summed E-state index contributed by atoms with van der Waals surface area (Å²) in [6.07, 6.45) is 4.68. The number of H-pyrrole nitrogens is 1. The number of hydrogen-bond donors (Lipinski definition) is 2. The van der Waals surface area contributed by atoms with Gasteiger partial charge < -0.3 is 23.9 Å². The lowest BCUT2D eigenvalue weighted by atomic mass is 9.75. The van der Waals surface area contributed by atoms with Gasteiger partial charge >= 0.3 is 5.97 Å². The van der Waals surface area contributed by atoms with Gasteiger partial charge in [0.05, 0.1) is 37.5 Å². The highest BCUT2D eigenvalue weighted by atomic mass is 19.1. The third kappa shape index (κ3) is 4.17. The summed E-state index contributed by atoms with van der Waals surface area (Å²) in [6.45, 7) is 0.707. The molecule has 0 radical (unpaired) electrons. The van der Waals surface area contributed by atoms with Gasteiger partial charge in [0.15, 0.2) is 17.4 Å². The first kappa shape index (κ1) is 25.8. The maximum Gasteiger partial charge on any atom is 0.308 e. The zero-order valence-corrected chi connectivity index (χ0v) is 21.9. The van der Waals surface area contributed by atoms with Crippen LogP contribution in [0.2, 0.25) is 0 Å². The van der Waals surface area contributed by atoms with Crippen LogP contribution < -0.4 is 4.74 Å². The molecular formula is C29H31F2N3O5. The van der Waals surface area contributed by atoms with Crippen LogP contribution in [0.3, 0.4) is 0 Å². The van der Waals surface area contributed by atoms with Crippen LogP contribution in [0.25, 0.3) is 27.5 Å². The molecule has 1 aliphatic carbocycles. The SMILES string of the molecule is COc1cc(-n2c(C3(O)CCOCC3)c([C@H]3CC[C@H](C(=O)OC)CC3)c3c(F)c4[nH]ncc4cc32)ccc1F. The third-order valence-electron chi connectivity index (χ3n) is 8.47. The summed E-state index contributed by atoms with van der Waals surface area (Å²) in [5.41, 5.74) is 1.36. The molecule has 1 aliphatic heterocycles. The Hall–Kier alpha value is -3.50. The molecular weight excluding hydrogens is 508 g/mol. The molecule has 1 saturated carbocycles. The Morgan fingerprint density at radius 2 is 1.90 bits per heavy atom.